The highest BCUT2D eigenvalue weighted by atomic mass is 16.6. The molecule has 2 atom stereocenters. The summed E-state index contributed by atoms with van der Waals surface area (Å²) in [6.07, 6.45) is 6.15. The Morgan fingerprint density at radius 1 is 1.32 bits per heavy atom. The first-order valence-electron chi connectivity index (χ1n) is 6.73. The molecule has 0 saturated heterocycles. The minimum atomic E-state index is -0.490. The number of aliphatic hydroxyl groups excluding tert-OH is 1. The van der Waals surface area contributed by atoms with Crippen LogP contribution in [-0.4, -0.2) is 42.0 Å². The van der Waals surface area contributed by atoms with Crippen molar-refractivity contribution in [3.05, 3.63) is 12.7 Å². The van der Waals surface area contributed by atoms with Gasteiger partial charge >= 0.3 is 5.97 Å². The molecular formula is C14H28O5. The first-order chi connectivity index (χ1) is 8.67. The Labute approximate surface area is 115 Å². The standard InChI is InChI=1S/C14H26O4.H2O/c1-4-7-8-9-12(5-2)18-13(10-15)11-17-14(16)6-3;/h6,12-13,15H,3-5,7-11H2,1-2H3;1H2. The molecule has 0 aliphatic rings. The van der Waals surface area contributed by atoms with Crippen molar-refractivity contribution in [3.63, 3.8) is 0 Å². The number of unbranched alkanes of at least 4 members (excludes halogenated alkanes) is 2. The third kappa shape index (κ3) is 10.7. The Hall–Kier alpha value is -0.910. The zero-order valence-electron chi connectivity index (χ0n) is 12.1. The number of aliphatic hydroxyl groups is 1. The van der Waals surface area contributed by atoms with Crippen LogP contribution in [0.1, 0.15) is 46.0 Å². The van der Waals surface area contributed by atoms with Gasteiger partial charge in [0.1, 0.15) is 12.7 Å². The third-order valence-corrected chi connectivity index (χ3v) is 2.75. The third-order valence-electron chi connectivity index (χ3n) is 2.75. The van der Waals surface area contributed by atoms with Crippen molar-refractivity contribution >= 4 is 5.97 Å². The van der Waals surface area contributed by atoms with Crippen molar-refractivity contribution in [1.82, 2.24) is 0 Å². The molecule has 0 bridgehead atoms. The molecule has 0 radical (unpaired) electrons. The molecule has 3 N–H and O–H groups in total. The predicted octanol–water partition coefficient (Wildman–Crippen LogP) is 1.63. The molecule has 0 aliphatic carbocycles. The molecule has 0 aliphatic heterocycles. The van der Waals surface area contributed by atoms with Crippen LogP contribution in [0.4, 0.5) is 0 Å². The van der Waals surface area contributed by atoms with E-state index in [0.717, 1.165) is 25.3 Å². The average Bonchev–Trinajstić information content (AvgIpc) is 2.41. The summed E-state index contributed by atoms with van der Waals surface area (Å²) in [6, 6.07) is 0. The van der Waals surface area contributed by atoms with Gasteiger partial charge in [0.25, 0.3) is 0 Å². The SMILES string of the molecule is C=CC(=O)OCC(CO)OC(CC)CCCCC.O. The van der Waals surface area contributed by atoms with Crippen molar-refractivity contribution in [2.75, 3.05) is 13.2 Å². The maximum atomic E-state index is 10.9. The van der Waals surface area contributed by atoms with Gasteiger partial charge < -0.3 is 20.1 Å². The lowest BCUT2D eigenvalue weighted by atomic mass is 10.1. The van der Waals surface area contributed by atoms with Gasteiger partial charge in [-0.1, -0.05) is 39.7 Å². The van der Waals surface area contributed by atoms with E-state index < -0.39 is 12.1 Å². The fourth-order valence-electron chi connectivity index (χ4n) is 1.63. The Morgan fingerprint density at radius 2 is 2.00 bits per heavy atom. The van der Waals surface area contributed by atoms with E-state index in [1.807, 2.05) is 0 Å². The fraction of sp³-hybridized carbons (Fsp3) is 0.786. The van der Waals surface area contributed by atoms with Crippen LogP contribution in [0.15, 0.2) is 12.7 Å². The van der Waals surface area contributed by atoms with Gasteiger partial charge in [-0.2, -0.15) is 0 Å². The zero-order valence-corrected chi connectivity index (χ0v) is 12.1. The summed E-state index contributed by atoms with van der Waals surface area (Å²) in [5.41, 5.74) is 0. The first kappa shape index (κ1) is 20.4. The molecule has 5 nitrogen and oxygen atoms in total. The fourth-order valence-corrected chi connectivity index (χ4v) is 1.63. The summed E-state index contributed by atoms with van der Waals surface area (Å²) < 4.78 is 10.6. The second kappa shape index (κ2) is 13.5. The van der Waals surface area contributed by atoms with E-state index in [9.17, 15) is 9.90 Å². The molecule has 0 rings (SSSR count). The van der Waals surface area contributed by atoms with Crippen molar-refractivity contribution in [2.24, 2.45) is 0 Å². The Kier molecular flexibility index (Phi) is 14.5. The van der Waals surface area contributed by atoms with Gasteiger partial charge in [0, 0.05) is 6.08 Å². The van der Waals surface area contributed by atoms with Gasteiger partial charge in [0.15, 0.2) is 0 Å². The van der Waals surface area contributed by atoms with Crippen LogP contribution in [0.2, 0.25) is 0 Å². The van der Waals surface area contributed by atoms with Crippen LogP contribution < -0.4 is 0 Å². The molecular weight excluding hydrogens is 248 g/mol. The van der Waals surface area contributed by atoms with E-state index in [4.69, 9.17) is 9.47 Å². The van der Waals surface area contributed by atoms with E-state index in [-0.39, 0.29) is 24.8 Å². The van der Waals surface area contributed by atoms with Crippen LogP contribution in [-0.2, 0) is 14.3 Å². The molecule has 0 amide bonds. The molecule has 0 spiro atoms. The van der Waals surface area contributed by atoms with Crippen LogP contribution in [0.25, 0.3) is 0 Å². The number of carbonyl (C=O) groups is 1. The van der Waals surface area contributed by atoms with Gasteiger partial charge in [-0.15, -0.1) is 0 Å². The van der Waals surface area contributed by atoms with Gasteiger partial charge in [0.2, 0.25) is 0 Å². The van der Waals surface area contributed by atoms with Crippen molar-refractivity contribution in [3.8, 4) is 0 Å². The second-order valence-electron chi connectivity index (χ2n) is 4.30. The number of ether oxygens (including phenoxy) is 2. The molecule has 0 aromatic rings. The summed E-state index contributed by atoms with van der Waals surface area (Å²) in [4.78, 5) is 10.9. The molecule has 2 unspecified atom stereocenters. The molecule has 19 heavy (non-hydrogen) atoms. The van der Waals surface area contributed by atoms with Crippen LogP contribution >= 0.6 is 0 Å². The molecule has 0 aromatic carbocycles. The van der Waals surface area contributed by atoms with E-state index in [1.165, 1.54) is 12.8 Å². The van der Waals surface area contributed by atoms with E-state index in [2.05, 4.69) is 20.4 Å². The summed E-state index contributed by atoms with van der Waals surface area (Å²) in [5.74, 6) is -0.490. The van der Waals surface area contributed by atoms with Crippen molar-refractivity contribution in [1.29, 1.82) is 0 Å². The maximum Gasteiger partial charge on any atom is 0.330 e. The lowest BCUT2D eigenvalue weighted by Crippen LogP contribution is -2.30. The quantitative estimate of drug-likeness (QED) is 0.353. The van der Waals surface area contributed by atoms with E-state index in [0.29, 0.717) is 0 Å². The Morgan fingerprint density at radius 3 is 2.47 bits per heavy atom. The molecule has 5 heteroatoms. The highest BCUT2D eigenvalue weighted by molar-refractivity contribution is 5.81. The van der Waals surface area contributed by atoms with Crippen LogP contribution in [0.3, 0.4) is 0 Å². The summed E-state index contributed by atoms with van der Waals surface area (Å²) in [7, 11) is 0. The number of carbonyl (C=O) groups excluding carboxylic acids is 1. The lowest BCUT2D eigenvalue weighted by Gasteiger charge is -2.22. The summed E-state index contributed by atoms with van der Waals surface area (Å²) in [6.45, 7) is 7.46. The zero-order chi connectivity index (χ0) is 13.8. The van der Waals surface area contributed by atoms with Crippen LogP contribution in [0, 0.1) is 0 Å². The molecule has 0 saturated carbocycles. The number of esters is 1. The largest absolute Gasteiger partial charge is 0.460 e. The normalized spacial score (nSPS) is 13.2. The topological polar surface area (TPSA) is 87.3 Å². The minimum absolute atomic E-state index is 0. The van der Waals surface area contributed by atoms with Gasteiger partial charge in [0.05, 0.1) is 12.7 Å². The predicted molar refractivity (Wildman–Crippen MR) is 74.9 cm³/mol. The molecule has 0 heterocycles. The van der Waals surface area contributed by atoms with Gasteiger partial charge in [-0.3, -0.25) is 0 Å². The van der Waals surface area contributed by atoms with E-state index in [1.54, 1.807) is 0 Å². The molecule has 0 fully saturated rings. The number of hydrogen-bond acceptors (Lipinski definition) is 4. The number of hydrogen-bond donors (Lipinski definition) is 1. The van der Waals surface area contributed by atoms with Crippen molar-refractivity contribution in [2.45, 2.75) is 58.2 Å². The minimum Gasteiger partial charge on any atom is -0.460 e. The first-order valence-corrected chi connectivity index (χ1v) is 6.73. The maximum absolute atomic E-state index is 10.9. The molecule has 114 valence electrons. The Bertz CT molecular complexity index is 230. The average molecular weight is 276 g/mol. The summed E-state index contributed by atoms with van der Waals surface area (Å²) in [5, 5.41) is 9.19. The summed E-state index contributed by atoms with van der Waals surface area (Å²) >= 11 is 0. The van der Waals surface area contributed by atoms with Crippen LogP contribution in [0.5, 0.6) is 0 Å². The van der Waals surface area contributed by atoms with Gasteiger partial charge in [-0.05, 0) is 12.8 Å². The highest BCUT2D eigenvalue weighted by Crippen LogP contribution is 2.12. The lowest BCUT2D eigenvalue weighted by molar-refractivity contribution is -0.145. The second-order valence-corrected chi connectivity index (χ2v) is 4.30. The number of rotatable bonds is 11. The van der Waals surface area contributed by atoms with Gasteiger partial charge in [-0.25, -0.2) is 4.79 Å². The van der Waals surface area contributed by atoms with E-state index >= 15 is 0 Å². The monoisotopic (exact) mass is 276 g/mol. The Balaban J connectivity index is 0. The van der Waals surface area contributed by atoms with Crippen molar-refractivity contribution < 1.29 is 24.9 Å². The smallest absolute Gasteiger partial charge is 0.330 e. The highest BCUT2D eigenvalue weighted by Gasteiger charge is 2.16. The molecule has 0 aromatic heterocycles.